The van der Waals surface area contributed by atoms with Crippen LogP contribution in [0.2, 0.25) is 10.0 Å². The van der Waals surface area contributed by atoms with E-state index in [4.69, 9.17) is 27.9 Å². The van der Waals surface area contributed by atoms with Crippen molar-refractivity contribution in [1.29, 1.82) is 0 Å². The number of benzene rings is 2. The number of nitrogens with zero attached hydrogens (tertiary/aromatic N) is 5. The molecule has 0 fully saturated rings. The van der Waals surface area contributed by atoms with E-state index < -0.39 is 12.1 Å². The fourth-order valence-electron chi connectivity index (χ4n) is 3.41. The van der Waals surface area contributed by atoms with Crippen LogP contribution in [0.5, 0.6) is 0 Å². The molecule has 0 spiro atoms. The maximum atomic E-state index is 12.9. The van der Waals surface area contributed by atoms with E-state index in [9.17, 15) is 9.59 Å². The molecule has 9 nitrogen and oxygen atoms in total. The molecule has 0 aliphatic rings. The topological polar surface area (TPSA) is 102 Å². The van der Waals surface area contributed by atoms with Crippen molar-refractivity contribution in [1.82, 2.24) is 25.5 Å². The van der Waals surface area contributed by atoms with E-state index in [1.165, 1.54) is 4.68 Å². The Kier molecular flexibility index (Phi) is 9.45. The Bertz CT molecular complexity index is 1130. The molecule has 1 amide bonds. The van der Waals surface area contributed by atoms with Crippen LogP contribution in [0.15, 0.2) is 42.5 Å². The molecule has 1 aromatic heterocycles. The molecule has 3 aromatic rings. The van der Waals surface area contributed by atoms with Gasteiger partial charge in [0, 0.05) is 42.7 Å². The first-order valence-electron chi connectivity index (χ1n) is 11.2. The summed E-state index contributed by atoms with van der Waals surface area (Å²) in [6, 6.07) is 12.5. The lowest BCUT2D eigenvalue weighted by molar-refractivity contribution is -0.121. The number of halogens is 2. The highest BCUT2D eigenvalue weighted by Crippen LogP contribution is 2.26. The predicted octanol–water partition coefficient (Wildman–Crippen LogP) is 3.95. The first-order chi connectivity index (χ1) is 16.8. The van der Waals surface area contributed by atoms with Crippen molar-refractivity contribution in [2.45, 2.75) is 38.8 Å². The van der Waals surface area contributed by atoms with Gasteiger partial charge in [-0.05, 0) is 52.2 Å². The molecule has 0 saturated heterocycles. The molecule has 3 rings (SSSR count). The van der Waals surface area contributed by atoms with Crippen LogP contribution in [0.25, 0.3) is 0 Å². The van der Waals surface area contributed by atoms with Crippen molar-refractivity contribution >= 4 is 40.8 Å². The molecule has 186 valence electrons. The molecule has 35 heavy (non-hydrogen) atoms. The molecule has 0 saturated carbocycles. The molecule has 1 atom stereocenters. The number of nitrogens with one attached hydrogen (secondary N) is 1. The number of hydrogen-bond acceptors (Lipinski definition) is 7. The Morgan fingerprint density at radius 3 is 2.43 bits per heavy atom. The zero-order chi connectivity index (χ0) is 25.4. The average Bonchev–Trinajstić information content (AvgIpc) is 3.26. The second kappa shape index (κ2) is 12.5. The Hall–Kier alpha value is -3.17. The van der Waals surface area contributed by atoms with E-state index in [0.717, 1.165) is 11.3 Å². The van der Waals surface area contributed by atoms with Crippen molar-refractivity contribution in [3.05, 3.63) is 69.5 Å². The van der Waals surface area contributed by atoms with Crippen molar-refractivity contribution in [3.63, 3.8) is 0 Å². The summed E-state index contributed by atoms with van der Waals surface area (Å²) >= 11 is 12.5. The van der Waals surface area contributed by atoms with Gasteiger partial charge in [-0.1, -0.05) is 48.3 Å². The fraction of sp³-hybridized carbons (Fsp3) is 0.375. The van der Waals surface area contributed by atoms with Crippen LogP contribution in [0.3, 0.4) is 0 Å². The van der Waals surface area contributed by atoms with Crippen LogP contribution < -0.4 is 10.2 Å². The minimum absolute atomic E-state index is 0.110. The van der Waals surface area contributed by atoms with E-state index >= 15 is 0 Å². The molecule has 11 heteroatoms. The highest BCUT2D eigenvalue weighted by atomic mass is 35.5. The molecule has 0 radical (unpaired) electrons. The summed E-state index contributed by atoms with van der Waals surface area (Å²) in [4.78, 5) is 27.1. The standard InChI is InChI=1S/C24H28Cl2N6O3/c1-4-21(27-24(34)35-13-12-16-8-10-17(11-9-16)31(2)3)22(33)15-32-23(28-29-30-32)14-18-19(25)6-5-7-20(18)26/h5-11,21H,4,12-15H2,1-3H3,(H,27,34). The number of carbonyl (C=O) groups is 2. The summed E-state index contributed by atoms with van der Waals surface area (Å²) in [5, 5.41) is 15.2. The monoisotopic (exact) mass is 518 g/mol. The van der Waals surface area contributed by atoms with Gasteiger partial charge in [0.25, 0.3) is 0 Å². The lowest BCUT2D eigenvalue weighted by Crippen LogP contribution is -2.42. The van der Waals surface area contributed by atoms with Crippen molar-refractivity contribution < 1.29 is 14.3 Å². The third-order valence-corrected chi connectivity index (χ3v) is 6.18. The number of tetrazole rings is 1. The Labute approximate surface area is 214 Å². The minimum atomic E-state index is -0.733. The molecule has 1 N–H and O–H groups in total. The summed E-state index contributed by atoms with van der Waals surface area (Å²) in [6.07, 6.45) is 0.591. The summed E-state index contributed by atoms with van der Waals surface area (Å²) in [6.45, 7) is 1.90. The van der Waals surface area contributed by atoms with Gasteiger partial charge < -0.3 is 15.0 Å². The average molecular weight is 519 g/mol. The van der Waals surface area contributed by atoms with Gasteiger partial charge in [0.2, 0.25) is 0 Å². The van der Waals surface area contributed by atoms with Gasteiger partial charge in [-0.3, -0.25) is 4.79 Å². The number of carbonyl (C=O) groups excluding carboxylic acids is 2. The van der Waals surface area contributed by atoms with E-state index in [2.05, 4.69) is 20.8 Å². The fourth-order valence-corrected chi connectivity index (χ4v) is 3.94. The first-order valence-corrected chi connectivity index (χ1v) is 11.9. The largest absolute Gasteiger partial charge is 0.449 e. The number of Topliss-reactive ketones (excluding diaryl/α,β-unsaturated/α-hetero) is 1. The quantitative estimate of drug-likeness (QED) is 0.409. The molecular formula is C24H28Cl2N6O3. The van der Waals surface area contributed by atoms with Gasteiger partial charge in [-0.15, -0.1) is 5.10 Å². The van der Waals surface area contributed by atoms with E-state index in [1.807, 2.05) is 43.3 Å². The SMILES string of the molecule is CCC(NC(=O)OCCc1ccc(N(C)C)cc1)C(=O)Cn1nnnc1Cc1c(Cl)cccc1Cl. The Balaban J connectivity index is 1.52. The molecule has 0 aliphatic carbocycles. The number of rotatable bonds is 11. The van der Waals surface area contributed by atoms with Gasteiger partial charge in [0.05, 0.1) is 12.6 Å². The zero-order valence-electron chi connectivity index (χ0n) is 19.9. The van der Waals surface area contributed by atoms with E-state index in [0.29, 0.717) is 34.3 Å². The lowest BCUT2D eigenvalue weighted by atomic mass is 10.1. The molecule has 1 unspecified atom stereocenters. The molecule has 2 aromatic carbocycles. The van der Waals surface area contributed by atoms with Gasteiger partial charge in [0.15, 0.2) is 11.6 Å². The molecule has 0 bridgehead atoms. The van der Waals surface area contributed by atoms with Crippen LogP contribution in [-0.2, 0) is 28.9 Å². The number of amides is 1. The van der Waals surface area contributed by atoms with Gasteiger partial charge in [0.1, 0.15) is 6.54 Å². The first kappa shape index (κ1) is 26.4. The zero-order valence-corrected chi connectivity index (χ0v) is 21.4. The number of hydrogen-bond donors (Lipinski definition) is 1. The van der Waals surface area contributed by atoms with E-state index in [1.54, 1.807) is 25.1 Å². The Morgan fingerprint density at radius 2 is 1.80 bits per heavy atom. The number of anilines is 1. The molecule has 0 aliphatic heterocycles. The number of alkyl carbamates (subject to hydrolysis) is 1. The van der Waals surface area contributed by atoms with Crippen molar-refractivity contribution in [2.75, 3.05) is 25.6 Å². The van der Waals surface area contributed by atoms with E-state index in [-0.39, 0.29) is 25.4 Å². The van der Waals surface area contributed by atoms with Crippen LogP contribution >= 0.6 is 23.2 Å². The minimum Gasteiger partial charge on any atom is -0.449 e. The van der Waals surface area contributed by atoms with Gasteiger partial charge in [-0.25, -0.2) is 9.48 Å². The third-order valence-electron chi connectivity index (χ3n) is 5.47. The second-order valence-corrected chi connectivity index (χ2v) is 8.96. The Morgan fingerprint density at radius 1 is 1.11 bits per heavy atom. The van der Waals surface area contributed by atoms with Gasteiger partial charge >= 0.3 is 6.09 Å². The molecule has 1 heterocycles. The highest BCUT2D eigenvalue weighted by molar-refractivity contribution is 6.36. The van der Waals surface area contributed by atoms with Gasteiger partial charge in [-0.2, -0.15) is 0 Å². The van der Waals surface area contributed by atoms with Crippen molar-refractivity contribution in [2.24, 2.45) is 0 Å². The summed E-state index contributed by atoms with van der Waals surface area (Å²) in [7, 11) is 3.95. The van der Waals surface area contributed by atoms with Crippen LogP contribution in [0.4, 0.5) is 10.5 Å². The van der Waals surface area contributed by atoms with Crippen molar-refractivity contribution in [3.8, 4) is 0 Å². The number of ether oxygens (including phenoxy) is 1. The smallest absolute Gasteiger partial charge is 0.407 e. The maximum Gasteiger partial charge on any atom is 0.407 e. The van der Waals surface area contributed by atoms with Crippen LogP contribution in [0, 0.1) is 0 Å². The second-order valence-electron chi connectivity index (χ2n) is 8.15. The van der Waals surface area contributed by atoms with Crippen LogP contribution in [0.1, 0.15) is 30.3 Å². The number of ketones is 1. The maximum absolute atomic E-state index is 12.9. The normalized spacial score (nSPS) is 11.7. The lowest BCUT2D eigenvalue weighted by Gasteiger charge is -2.16. The summed E-state index contributed by atoms with van der Waals surface area (Å²) < 4.78 is 6.67. The van der Waals surface area contributed by atoms with Crippen LogP contribution in [-0.4, -0.2) is 58.8 Å². The third kappa shape index (κ3) is 7.40. The predicted molar refractivity (Wildman–Crippen MR) is 135 cm³/mol. The summed E-state index contributed by atoms with van der Waals surface area (Å²) in [5.74, 6) is 0.189. The molecular weight excluding hydrogens is 491 g/mol. The summed E-state index contributed by atoms with van der Waals surface area (Å²) in [5.41, 5.74) is 2.82. The number of aromatic nitrogens is 4. The highest BCUT2D eigenvalue weighted by Gasteiger charge is 2.22.